The highest BCUT2D eigenvalue weighted by Crippen LogP contribution is 2.42. The lowest BCUT2D eigenvalue weighted by Crippen LogP contribution is -2.57. The zero-order valence-corrected chi connectivity index (χ0v) is 31.4. The molecule has 0 bridgehead atoms. The largest absolute Gasteiger partial charge is 0.416 e. The topological polar surface area (TPSA) is 168 Å². The number of nitrogens with zero attached hydrogens (tertiary/aromatic N) is 3. The lowest BCUT2D eigenvalue weighted by atomic mass is 10.0. The van der Waals surface area contributed by atoms with Crippen LogP contribution in [0.4, 0.5) is 13.2 Å². The average molecular weight is 785 g/mol. The highest BCUT2D eigenvalue weighted by atomic mass is 35.5. The number of halogens is 4. The minimum atomic E-state index is -4.78. The third kappa shape index (κ3) is 10.3. The lowest BCUT2D eigenvalue weighted by Gasteiger charge is -2.32. The van der Waals surface area contributed by atoms with E-state index in [1.807, 2.05) is 30.3 Å². The zero-order valence-electron chi connectivity index (χ0n) is 29.8. The Labute approximate surface area is 321 Å². The number of alkyl halides is 3. The summed E-state index contributed by atoms with van der Waals surface area (Å²) in [6, 6.07) is 13.4. The van der Waals surface area contributed by atoms with Crippen molar-refractivity contribution in [2.24, 2.45) is 11.5 Å². The van der Waals surface area contributed by atoms with Gasteiger partial charge in [0, 0.05) is 48.7 Å². The number of aromatic nitrogens is 2. The molecule has 1 aliphatic rings. The number of nitrogens with one attached hydrogen (secondary N) is 3. The van der Waals surface area contributed by atoms with Crippen LogP contribution >= 0.6 is 23.4 Å². The Morgan fingerprint density at radius 1 is 0.907 bits per heavy atom. The highest BCUT2D eigenvalue weighted by molar-refractivity contribution is 7.99. The maximum Gasteiger partial charge on any atom is 0.416 e. The number of likely N-dealkylation sites (N-methyl/N-ethyl adjacent to an activating group) is 1. The van der Waals surface area contributed by atoms with Gasteiger partial charge in [0.1, 0.15) is 17.1 Å². The molecular weight excluding hydrogens is 741 g/mol. The van der Waals surface area contributed by atoms with Crippen LogP contribution in [-0.4, -0.2) is 70.9 Å². The Bertz CT molecular complexity index is 1950. The second kappa shape index (κ2) is 18.8. The van der Waals surface area contributed by atoms with Gasteiger partial charge >= 0.3 is 6.18 Å². The molecule has 0 spiro atoms. The molecule has 0 radical (unpaired) electrons. The second-order valence-electron chi connectivity index (χ2n) is 13.1. The van der Waals surface area contributed by atoms with Gasteiger partial charge in [-0.1, -0.05) is 53.7 Å². The maximum absolute atomic E-state index is 14.6. The van der Waals surface area contributed by atoms with Gasteiger partial charge in [-0.05, 0) is 86.7 Å². The molecule has 11 nitrogen and oxygen atoms in total. The predicted molar refractivity (Wildman–Crippen MR) is 202 cm³/mol. The van der Waals surface area contributed by atoms with Crippen molar-refractivity contribution in [2.75, 3.05) is 20.1 Å². The van der Waals surface area contributed by atoms with Gasteiger partial charge in [0.25, 0.3) is 0 Å². The molecule has 3 atom stereocenters. The van der Waals surface area contributed by atoms with Gasteiger partial charge < -0.3 is 32.3 Å². The van der Waals surface area contributed by atoms with Crippen molar-refractivity contribution in [2.45, 2.75) is 85.8 Å². The first-order valence-corrected chi connectivity index (χ1v) is 18.9. The Kier molecular flexibility index (Phi) is 14.3. The molecule has 7 N–H and O–H groups in total. The monoisotopic (exact) mass is 784 g/mol. The van der Waals surface area contributed by atoms with Crippen molar-refractivity contribution in [1.82, 2.24) is 30.8 Å². The fraction of sp³-hybridized carbons (Fsp3) is 0.395. The molecule has 288 valence electrons. The fourth-order valence-electron chi connectivity index (χ4n) is 6.32. The number of pyridine rings is 2. The minimum Gasteiger partial charge on any atom is -0.350 e. The summed E-state index contributed by atoms with van der Waals surface area (Å²) in [6.45, 7) is 0.255. The quantitative estimate of drug-likeness (QED) is 0.147. The second-order valence-corrected chi connectivity index (χ2v) is 14.5. The lowest BCUT2D eigenvalue weighted by molar-refractivity contribution is -0.142. The molecule has 3 unspecified atom stereocenters. The van der Waals surface area contributed by atoms with Crippen LogP contribution in [0, 0.1) is 0 Å². The Morgan fingerprint density at radius 2 is 1.67 bits per heavy atom. The fourth-order valence-corrected chi connectivity index (χ4v) is 7.66. The smallest absolute Gasteiger partial charge is 0.350 e. The number of hydrogen-bond donors (Lipinski definition) is 5. The standard InChI is InChI=1S/C38H44ClF3N8O3S/c1-50-32(20-25-14-13-23-8-2-3-10-29(23)48-25)35(52)47-22-26-27(38(40,41)42)15-16-28(39)33(26)54-36-24(9-7-19-45-36)21-46-30(12-6-18-44)34(51)49-31(37(50)53)11-4-5-17-43/h2-3,7-10,13-16,19,30-32,46H,4-6,11-12,17-18,20-22,43-44H2,1H3,(H,47,52)(H,49,51). The van der Waals surface area contributed by atoms with Crippen LogP contribution in [0.2, 0.25) is 5.02 Å². The van der Waals surface area contributed by atoms with E-state index in [1.165, 1.54) is 24.2 Å². The molecule has 3 heterocycles. The van der Waals surface area contributed by atoms with E-state index in [-0.39, 0.29) is 34.9 Å². The number of carbonyl (C=O) groups is 3. The van der Waals surface area contributed by atoms with Crippen molar-refractivity contribution in [3.63, 3.8) is 0 Å². The first-order chi connectivity index (χ1) is 25.9. The van der Waals surface area contributed by atoms with Crippen LogP contribution in [0.1, 0.15) is 54.5 Å². The van der Waals surface area contributed by atoms with Gasteiger partial charge in [-0.2, -0.15) is 13.2 Å². The van der Waals surface area contributed by atoms with Crippen molar-refractivity contribution >= 4 is 52.0 Å². The number of unbranched alkanes of at least 4 members (excludes halogenated alkanes) is 1. The molecular formula is C38H44ClF3N8O3S. The normalized spacial score (nSPS) is 19.1. The molecule has 0 saturated heterocycles. The Morgan fingerprint density at radius 3 is 2.43 bits per heavy atom. The molecule has 2 aromatic heterocycles. The van der Waals surface area contributed by atoms with Crippen LogP contribution in [-0.2, 0) is 40.1 Å². The summed E-state index contributed by atoms with van der Waals surface area (Å²) in [5, 5.41) is 10.1. The molecule has 5 rings (SSSR count). The Balaban J connectivity index is 1.62. The maximum atomic E-state index is 14.6. The van der Waals surface area contributed by atoms with Crippen LogP contribution in [0.15, 0.2) is 76.8 Å². The van der Waals surface area contributed by atoms with Crippen LogP contribution in [0.25, 0.3) is 10.9 Å². The van der Waals surface area contributed by atoms with Crippen molar-refractivity contribution in [1.29, 1.82) is 0 Å². The zero-order chi connectivity index (χ0) is 38.8. The van der Waals surface area contributed by atoms with E-state index < -0.39 is 54.1 Å². The summed E-state index contributed by atoms with van der Waals surface area (Å²) >= 11 is 7.54. The van der Waals surface area contributed by atoms with E-state index in [4.69, 9.17) is 28.1 Å². The van der Waals surface area contributed by atoms with Gasteiger partial charge in [-0.3, -0.25) is 19.4 Å². The summed E-state index contributed by atoms with van der Waals surface area (Å²) in [6.07, 6.45) is -1.16. The predicted octanol–water partition coefficient (Wildman–Crippen LogP) is 4.96. The molecule has 16 heteroatoms. The van der Waals surface area contributed by atoms with Crippen LogP contribution < -0.4 is 27.4 Å². The van der Waals surface area contributed by atoms with Gasteiger partial charge in [-0.25, -0.2) is 4.98 Å². The highest BCUT2D eigenvalue weighted by Gasteiger charge is 2.37. The summed E-state index contributed by atoms with van der Waals surface area (Å²) in [5.41, 5.74) is 12.1. The first-order valence-electron chi connectivity index (χ1n) is 17.7. The summed E-state index contributed by atoms with van der Waals surface area (Å²) in [4.78, 5) is 53.0. The van der Waals surface area contributed by atoms with Gasteiger partial charge in [-0.15, -0.1) is 0 Å². The third-order valence-electron chi connectivity index (χ3n) is 9.30. The Hall–Kier alpha value is -4.28. The van der Waals surface area contributed by atoms with Crippen molar-refractivity contribution < 1.29 is 27.6 Å². The van der Waals surface area contributed by atoms with Gasteiger partial charge in [0.05, 0.1) is 22.1 Å². The van der Waals surface area contributed by atoms with E-state index >= 15 is 0 Å². The molecule has 0 aliphatic carbocycles. The number of fused-ring (bicyclic) bond motifs is 3. The first kappa shape index (κ1) is 40.9. The van der Waals surface area contributed by atoms with Crippen LogP contribution in [0.5, 0.6) is 0 Å². The molecule has 1 aliphatic heterocycles. The summed E-state index contributed by atoms with van der Waals surface area (Å²) < 4.78 is 43.7. The van der Waals surface area contributed by atoms with Gasteiger partial charge in [0.15, 0.2) is 0 Å². The molecule has 2 aromatic carbocycles. The van der Waals surface area contributed by atoms with E-state index in [1.54, 1.807) is 18.2 Å². The molecule has 0 saturated carbocycles. The average Bonchev–Trinajstić information content (AvgIpc) is 3.15. The minimum absolute atomic E-state index is 0.0319. The van der Waals surface area contributed by atoms with E-state index in [9.17, 15) is 27.6 Å². The number of carbonyl (C=O) groups excluding carboxylic acids is 3. The number of rotatable bonds is 9. The van der Waals surface area contributed by atoms with E-state index in [0.29, 0.717) is 60.6 Å². The third-order valence-corrected chi connectivity index (χ3v) is 11.0. The molecule has 54 heavy (non-hydrogen) atoms. The number of para-hydroxylation sites is 1. The summed E-state index contributed by atoms with van der Waals surface area (Å²) in [5.74, 6) is -1.71. The number of hydrogen-bond acceptors (Lipinski definition) is 9. The molecule has 3 amide bonds. The molecule has 0 fully saturated rings. The number of nitrogens with two attached hydrogens (primary N) is 2. The van der Waals surface area contributed by atoms with E-state index in [0.717, 1.165) is 23.2 Å². The van der Waals surface area contributed by atoms with E-state index in [2.05, 4.69) is 20.9 Å². The SMILES string of the molecule is CN1C(=O)C(CCCCN)NC(=O)C(CCCN)NCc2cccnc2Sc2c(Cl)ccc(C(F)(F)F)c2CNC(=O)C1Cc1ccc2ccccc2n1. The van der Waals surface area contributed by atoms with Crippen molar-refractivity contribution in [3.8, 4) is 0 Å². The van der Waals surface area contributed by atoms with Crippen molar-refractivity contribution in [3.05, 3.63) is 94.3 Å². The van der Waals surface area contributed by atoms with Gasteiger partial charge in [0.2, 0.25) is 17.7 Å². The number of amides is 3. The van der Waals surface area contributed by atoms with Crippen LogP contribution in [0.3, 0.4) is 0 Å². The number of benzene rings is 2. The molecule has 4 aromatic rings. The summed E-state index contributed by atoms with van der Waals surface area (Å²) in [7, 11) is 1.44.